The first-order valence-electron chi connectivity index (χ1n) is 9.93. The second-order valence-electron chi connectivity index (χ2n) is 7.39. The Labute approximate surface area is 180 Å². The van der Waals surface area contributed by atoms with E-state index in [9.17, 15) is 9.59 Å². The van der Waals surface area contributed by atoms with Gasteiger partial charge in [-0.3, -0.25) is 4.79 Å². The summed E-state index contributed by atoms with van der Waals surface area (Å²) in [6.45, 7) is 4.32. The summed E-state index contributed by atoms with van der Waals surface area (Å²) in [6, 6.07) is 14.4. The third kappa shape index (κ3) is 4.52. The molecule has 8 heteroatoms. The molecule has 2 aromatic carbocycles. The van der Waals surface area contributed by atoms with Crippen molar-refractivity contribution in [2.24, 2.45) is 0 Å². The largest absolute Gasteiger partial charge is 0.368 e. The van der Waals surface area contributed by atoms with Gasteiger partial charge >= 0.3 is 6.03 Å². The van der Waals surface area contributed by atoms with Crippen LogP contribution in [0.3, 0.4) is 0 Å². The number of aromatic amines is 1. The minimum atomic E-state index is -0.645. The van der Waals surface area contributed by atoms with Crippen LogP contribution in [0.5, 0.6) is 0 Å². The normalized spacial score (nSPS) is 15.1. The van der Waals surface area contributed by atoms with Crippen LogP contribution in [0.4, 0.5) is 16.2 Å². The summed E-state index contributed by atoms with van der Waals surface area (Å²) in [4.78, 5) is 32.2. The van der Waals surface area contributed by atoms with E-state index in [1.54, 1.807) is 11.8 Å². The Morgan fingerprint density at radius 1 is 1.03 bits per heavy atom. The van der Waals surface area contributed by atoms with Gasteiger partial charge in [0.1, 0.15) is 6.04 Å². The summed E-state index contributed by atoms with van der Waals surface area (Å²) in [6.07, 6.45) is 1.85. The highest BCUT2D eigenvalue weighted by Crippen LogP contribution is 2.20. The number of benzene rings is 2. The maximum absolute atomic E-state index is 12.6. The lowest BCUT2D eigenvalue weighted by Gasteiger charge is -2.36. The number of amides is 3. The van der Waals surface area contributed by atoms with Gasteiger partial charge in [0.15, 0.2) is 0 Å². The first-order valence-corrected chi connectivity index (χ1v) is 10.3. The minimum absolute atomic E-state index is 0.227. The Hall–Kier alpha value is -3.19. The standard InChI is InChI=1S/C22H24ClN5O2/c1-15(21(29)26-18-4-7-20-16(14-18)8-9-24-20)25-22(30)28-12-10-27(11-13-28)19-5-2-17(23)3-6-19/h2-9,14-15,24H,10-13H2,1H3,(H,25,30)(H,26,29). The first-order chi connectivity index (χ1) is 14.5. The molecule has 0 spiro atoms. The van der Waals surface area contributed by atoms with Gasteiger partial charge in [0.05, 0.1) is 0 Å². The first kappa shape index (κ1) is 20.1. The Kier molecular flexibility index (Phi) is 5.81. The van der Waals surface area contributed by atoms with E-state index in [0.29, 0.717) is 23.8 Å². The third-order valence-electron chi connectivity index (χ3n) is 5.31. The predicted octanol–water partition coefficient (Wildman–Crippen LogP) is 3.68. The van der Waals surface area contributed by atoms with Crippen LogP contribution in [-0.2, 0) is 4.79 Å². The van der Waals surface area contributed by atoms with E-state index < -0.39 is 6.04 Å². The summed E-state index contributed by atoms with van der Waals surface area (Å²) in [5, 5.41) is 7.38. The molecular formula is C22H24ClN5O2. The fraction of sp³-hybridized carbons (Fsp3) is 0.273. The molecule has 0 aliphatic carbocycles. The molecule has 1 unspecified atom stereocenters. The SMILES string of the molecule is CC(NC(=O)N1CCN(c2ccc(Cl)cc2)CC1)C(=O)Nc1ccc2[nH]ccc2c1. The van der Waals surface area contributed by atoms with Crippen molar-refractivity contribution in [1.82, 2.24) is 15.2 Å². The van der Waals surface area contributed by atoms with E-state index in [2.05, 4.69) is 20.5 Å². The van der Waals surface area contributed by atoms with Gasteiger partial charge in [-0.1, -0.05) is 11.6 Å². The third-order valence-corrected chi connectivity index (χ3v) is 5.56. The summed E-state index contributed by atoms with van der Waals surface area (Å²) in [5.41, 5.74) is 2.79. The van der Waals surface area contributed by atoms with Gasteiger partial charge < -0.3 is 25.4 Å². The molecule has 1 aliphatic heterocycles. The van der Waals surface area contributed by atoms with Gasteiger partial charge in [0.2, 0.25) is 5.91 Å². The summed E-state index contributed by atoms with van der Waals surface area (Å²) in [5.74, 6) is -0.252. The highest BCUT2D eigenvalue weighted by molar-refractivity contribution is 6.30. The zero-order valence-corrected chi connectivity index (χ0v) is 17.4. The number of carbonyl (C=O) groups excluding carboxylic acids is 2. The predicted molar refractivity (Wildman–Crippen MR) is 120 cm³/mol. The van der Waals surface area contributed by atoms with Crippen molar-refractivity contribution in [3.8, 4) is 0 Å². The molecule has 2 heterocycles. The van der Waals surface area contributed by atoms with Crippen LogP contribution in [0.25, 0.3) is 10.9 Å². The second kappa shape index (κ2) is 8.67. The highest BCUT2D eigenvalue weighted by Gasteiger charge is 2.24. The second-order valence-corrected chi connectivity index (χ2v) is 7.83. The van der Waals surface area contributed by atoms with Crippen molar-refractivity contribution >= 4 is 45.8 Å². The van der Waals surface area contributed by atoms with Crippen molar-refractivity contribution in [2.45, 2.75) is 13.0 Å². The quantitative estimate of drug-likeness (QED) is 0.596. The molecule has 0 radical (unpaired) electrons. The lowest BCUT2D eigenvalue weighted by molar-refractivity contribution is -0.117. The number of nitrogens with zero attached hydrogens (tertiary/aromatic N) is 2. The molecule has 30 heavy (non-hydrogen) atoms. The van der Waals surface area contributed by atoms with Crippen LogP contribution in [0.15, 0.2) is 54.7 Å². The molecule has 1 saturated heterocycles. The number of fused-ring (bicyclic) bond motifs is 1. The number of urea groups is 1. The zero-order chi connectivity index (χ0) is 21.1. The van der Waals surface area contributed by atoms with Gasteiger partial charge in [-0.05, 0) is 55.5 Å². The van der Waals surface area contributed by atoms with Gasteiger partial charge in [-0.2, -0.15) is 0 Å². The Morgan fingerprint density at radius 3 is 2.50 bits per heavy atom. The maximum Gasteiger partial charge on any atom is 0.318 e. The number of rotatable bonds is 4. The van der Waals surface area contributed by atoms with E-state index in [0.717, 1.165) is 29.7 Å². The fourth-order valence-corrected chi connectivity index (χ4v) is 3.67. The van der Waals surface area contributed by atoms with E-state index >= 15 is 0 Å². The Balaban J connectivity index is 1.27. The Morgan fingerprint density at radius 2 is 1.77 bits per heavy atom. The van der Waals surface area contributed by atoms with Crippen LogP contribution < -0.4 is 15.5 Å². The van der Waals surface area contributed by atoms with Crippen LogP contribution >= 0.6 is 11.6 Å². The molecule has 1 aliphatic rings. The number of piperazine rings is 1. The molecule has 3 amide bonds. The molecule has 0 saturated carbocycles. The van der Waals surface area contributed by atoms with Gasteiger partial charge in [-0.15, -0.1) is 0 Å². The average Bonchev–Trinajstić information content (AvgIpc) is 3.22. The number of anilines is 2. The molecule has 3 N–H and O–H groups in total. The smallest absolute Gasteiger partial charge is 0.318 e. The number of hydrogen-bond acceptors (Lipinski definition) is 3. The van der Waals surface area contributed by atoms with Crippen molar-refractivity contribution in [3.05, 3.63) is 59.8 Å². The van der Waals surface area contributed by atoms with Gasteiger partial charge in [0.25, 0.3) is 0 Å². The topological polar surface area (TPSA) is 80.5 Å². The van der Waals surface area contributed by atoms with Crippen LogP contribution in [-0.4, -0.2) is 54.0 Å². The number of H-pyrrole nitrogens is 1. The maximum atomic E-state index is 12.6. The molecule has 1 fully saturated rings. The van der Waals surface area contributed by atoms with E-state index in [1.165, 1.54) is 0 Å². The van der Waals surface area contributed by atoms with E-state index in [-0.39, 0.29) is 11.9 Å². The lowest BCUT2D eigenvalue weighted by atomic mass is 10.2. The summed E-state index contributed by atoms with van der Waals surface area (Å²) >= 11 is 5.95. The highest BCUT2D eigenvalue weighted by atomic mass is 35.5. The van der Waals surface area contributed by atoms with Gasteiger partial charge in [-0.25, -0.2) is 4.79 Å². The molecule has 1 atom stereocenters. The molecule has 7 nitrogen and oxygen atoms in total. The summed E-state index contributed by atoms with van der Waals surface area (Å²) < 4.78 is 0. The molecule has 1 aromatic heterocycles. The average molecular weight is 426 g/mol. The van der Waals surface area contributed by atoms with Gasteiger partial charge in [0, 0.05) is 59.7 Å². The van der Waals surface area contributed by atoms with Crippen molar-refractivity contribution in [1.29, 1.82) is 0 Å². The van der Waals surface area contributed by atoms with Crippen molar-refractivity contribution in [3.63, 3.8) is 0 Å². The number of halogens is 1. The van der Waals surface area contributed by atoms with Crippen molar-refractivity contribution in [2.75, 3.05) is 36.4 Å². The molecule has 156 valence electrons. The number of hydrogen-bond donors (Lipinski definition) is 3. The van der Waals surface area contributed by atoms with E-state index in [4.69, 9.17) is 11.6 Å². The fourth-order valence-electron chi connectivity index (χ4n) is 3.54. The van der Waals surface area contributed by atoms with Crippen molar-refractivity contribution < 1.29 is 9.59 Å². The van der Waals surface area contributed by atoms with E-state index in [1.807, 2.05) is 54.7 Å². The number of aromatic nitrogens is 1. The summed E-state index contributed by atoms with van der Waals surface area (Å²) in [7, 11) is 0. The van der Waals surface area contributed by atoms with Crippen LogP contribution in [0, 0.1) is 0 Å². The molecular weight excluding hydrogens is 402 g/mol. The Bertz CT molecular complexity index is 1040. The van der Waals surface area contributed by atoms with Crippen LogP contribution in [0.2, 0.25) is 5.02 Å². The zero-order valence-electron chi connectivity index (χ0n) is 16.7. The lowest BCUT2D eigenvalue weighted by Crippen LogP contribution is -2.54. The number of nitrogens with one attached hydrogen (secondary N) is 3. The van der Waals surface area contributed by atoms with Crippen LogP contribution in [0.1, 0.15) is 6.92 Å². The minimum Gasteiger partial charge on any atom is -0.368 e. The monoisotopic (exact) mass is 425 g/mol. The molecule has 3 aromatic rings. The molecule has 0 bridgehead atoms. The molecule has 4 rings (SSSR count). The number of carbonyl (C=O) groups is 2.